The number of aromatic nitrogens is 1. The summed E-state index contributed by atoms with van der Waals surface area (Å²) >= 11 is 1.10. The lowest BCUT2D eigenvalue weighted by molar-refractivity contribution is 0.0602. The molecule has 0 N–H and O–H groups in total. The lowest BCUT2D eigenvalue weighted by Gasteiger charge is -2.18. The monoisotopic (exact) mass is 362 g/mol. The zero-order chi connectivity index (χ0) is 17.3. The van der Waals surface area contributed by atoms with Crippen LogP contribution in [0.25, 0.3) is 10.1 Å². The molecule has 1 aromatic carbocycles. The minimum absolute atomic E-state index is 0.0527. The highest BCUT2D eigenvalue weighted by molar-refractivity contribution is 7.93. The second-order valence-corrected chi connectivity index (χ2v) is 7.87. The normalized spacial score (nSPS) is 11.4. The number of benzene rings is 1. The molecule has 2 aromatic heterocycles. The Morgan fingerprint density at radius 3 is 2.54 bits per heavy atom. The molecular formula is C16H14N2O4S2. The van der Waals surface area contributed by atoms with E-state index in [-0.39, 0.29) is 15.6 Å². The van der Waals surface area contributed by atoms with E-state index in [1.165, 1.54) is 20.4 Å². The molecular weight excluding hydrogens is 348 g/mol. The van der Waals surface area contributed by atoms with Gasteiger partial charge in [-0.1, -0.05) is 24.3 Å². The molecule has 0 amide bonds. The van der Waals surface area contributed by atoms with Gasteiger partial charge in [-0.2, -0.15) is 0 Å². The summed E-state index contributed by atoms with van der Waals surface area (Å²) in [5.74, 6) is -0.409. The van der Waals surface area contributed by atoms with Crippen molar-refractivity contribution in [3.8, 4) is 0 Å². The standard InChI is InChI=1S/C16H14N2O4S2/c1-18(13-9-5-6-10-17-13)24(20,21)15-11-7-3-4-8-12(11)23-14(15)16(19)22-2/h3-10H,1-2H3. The first-order valence-electron chi connectivity index (χ1n) is 6.96. The van der Waals surface area contributed by atoms with Crippen LogP contribution in [0.3, 0.4) is 0 Å². The van der Waals surface area contributed by atoms with Gasteiger partial charge < -0.3 is 4.74 Å². The van der Waals surface area contributed by atoms with E-state index in [0.717, 1.165) is 15.6 Å². The third-order valence-electron chi connectivity index (χ3n) is 3.51. The maximum Gasteiger partial charge on any atom is 0.349 e. The van der Waals surface area contributed by atoms with Crippen LogP contribution in [-0.2, 0) is 14.8 Å². The molecule has 124 valence electrons. The van der Waals surface area contributed by atoms with E-state index in [4.69, 9.17) is 4.74 Å². The SMILES string of the molecule is COC(=O)c1sc2ccccc2c1S(=O)(=O)N(C)c1ccccn1. The van der Waals surface area contributed by atoms with Gasteiger partial charge in [-0.3, -0.25) is 4.31 Å². The predicted molar refractivity (Wildman–Crippen MR) is 93.0 cm³/mol. The first-order valence-corrected chi connectivity index (χ1v) is 9.22. The van der Waals surface area contributed by atoms with Crippen LogP contribution in [0.5, 0.6) is 0 Å². The van der Waals surface area contributed by atoms with Gasteiger partial charge in [0.15, 0.2) is 0 Å². The molecule has 0 radical (unpaired) electrons. The molecule has 0 aliphatic rings. The molecule has 0 fully saturated rings. The highest BCUT2D eigenvalue weighted by Gasteiger charge is 2.32. The molecule has 0 spiro atoms. The van der Waals surface area contributed by atoms with Crippen LogP contribution in [0.1, 0.15) is 9.67 Å². The van der Waals surface area contributed by atoms with Crippen molar-refractivity contribution in [1.82, 2.24) is 4.98 Å². The van der Waals surface area contributed by atoms with E-state index in [1.54, 1.807) is 42.5 Å². The fourth-order valence-corrected chi connectivity index (χ4v) is 5.23. The molecule has 0 aliphatic heterocycles. The third kappa shape index (κ3) is 2.63. The Morgan fingerprint density at radius 2 is 1.88 bits per heavy atom. The van der Waals surface area contributed by atoms with Gasteiger partial charge in [0.2, 0.25) is 0 Å². The number of methoxy groups -OCH3 is 1. The number of hydrogen-bond acceptors (Lipinski definition) is 6. The number of anilines is 1. The van der Waals surface area contributed by atoms with Crippen LogP contribution >= 0.6 is 11.3 Å². The van der Waals surface area contributed by atoms with Crippen LogP contribution in [-0.4, -0.2) is 33.5 Å². The number of hydrogen-bond donors (Lipinski definition) is 0. The number of carbonyl (C=O) groups is 1. The smallest absolute Gasteiger partial charge is 0.349 e. The van der Waals surface area contributed by atoms with Crippen molar-refractivity contribution in [3.05, 3.63) is 53.5 Å². The Kier molecular flexibility index (Phi) is 4.25. The van der Waals surface area contributed by atoms with Gasteiger partial charge in [-0.25, -0.2) is 18.2 Å². The zero-order valence-electron chi connectivity index (χ0n) is 13.0. The van der Waals surface area contributed by atoms with Crippen LogP contribution in [0.2, 0.25) is 0 Å². The molecule has 0 saturated heterocycles. The number of pyridine rings is 1. The summed E-state index contributed by atoms with van der Waals surface area (Å²) in [6, 6.07) is 12.0. The van der Waals surface area contributed by atoms with E-state index < -0.39 is 16.0 Å². The first kappa shape index (κ1) is 16.4. The van der Waals surface area contributed by atoms with E-state index >= 15 is 0 Å². The largest absolute Gasteiger partial charge is 0.465 e. The topological polar surface area (TPSA) is 76.6 Å². The van der Waals surface area contributed by atoms with Crippen molar-refractivity contribution in [2.24, 2.45) is 0 Å². The molecule has 24 heavy (non-hydrogen) atoms. The number of rotatable bonds is 4. The van der Waals surface area contributed by atoms with Crippen molar-refractivity contribution in [3.63, 3.8) is 0 Å². The highest BCUT2D eigenvalue weighted by atomic mass is 32.2. The van der Waals surface area contributed by atoms with Crippen molar-refractivity contribution in [2.75, 3.05) is 18.5 Å². The van der Waals surface area contributed by atoms with Crippen molar-refractivity contribution >= 4 is 43.2 Å². The molecule has 0 saturated carbocycles. The average Bonchev–Trinajstić information content (AvgIpc) is 3.01. The van der Waals surface area contributed by atoms with Gasteiger partial charge >= 0.3 is 5.97 Å². The average molecular weight is 362 g/mol. The van der Waals surface area contributed by atoms with Gasteiger partial charge in [0.1, 0.15) is 15.6 Å². The van der Waals surface area contributed by atoms with E-state index in [1.807, 2.05) is 0 Å². The number of esters is 1. The Bertz CT molecular complexity index is 997. The molecule has 3 rings (SSSR count). The Labute approximate surface area is 143 Å². The summed E-state index contributed by atoms with van der Waals surface area (Å²) in [6.45, 7) is 0. The van der Waals surface area contributed by atoms with Crippen LogP contribution < -0.4 is 4.31 Å². The molecule has 8 heteroatoms. The van der Waals surface area contributed by atoms with Crippen molar-refractivity contribution in [2.45, 2.75) is 4.90 Å². The maximum atomic E-state index is 13.1. The summed E-state index contributed by atoms with van der Waals surface area (Å²) < 4.78 is 32.8. The Hall–Kier alpha value is -2.45. The highest BCUT2D eigenvalue weighted by Crippen LogP contribution is 2.37. The van der Waals surface area contributed by atoms with Crippen LogP contribution in [0.4, 0.5) is 5.82 Å². The molecule has 3 aromatic rings. The number of fused-ring (bicyclic) bond motifs is 1. The lowest BCUT2D eigenvalue weighted by atomic mass is 10.2. The molecule has 0 atom stereocenters. The summed E-state index contributed by atoms with van der Waals surface area (Å²) in [5, 5.41) is 0.491. The number of thiophene rings is 1. The van der Waals surface area contributed by atoms with Crippen LogP contribution in [0, 0.1) is 0 Å². The van der Waals surface area contributed by atoms with Gasteiger partial charge in [0.05, 0.1) is 7.11 Å². The Balaban J connectivity index is 2.25. The van der Waals surface area contributed by atoms with Crippen molar-refractivity contribution < 1.29 is 17.9 Å². The van der Waals surface area contributed by atoms with E-state index in [0.29, 0.717) is 10.1 Å². The van der Waals surface area contributed by atoms with Crippen LogP contribution in [0.15, 0.2) is 53.6 Å². The minimum atomic E-state index is -3.98. The zero-order valence-corrected chi connectivity index (χ0v) is 14.6. The van der Waals surface area contributed by atoms with E-state index in [9.17, 15) is 13.2 Å². The fraction of sp³-hybridized carbons (Fsp3) is 0.125. The van der Waals surface area contributed by atoms with Crippen molar-refractivity contribution in [1.29, 1.82) is 0 Å². The lowest BCUT2D eigenvalue weighted by Crippen LogP contribution is -2.28. The second kappa shape index (κ2) is 6.21. The number of carbonyl (C=O) groups excluding carboxylic acids is 1. The van der Waals surface area contributed by atoms with E-state index in [2.05, 4.69) is 4.98 Å². The molecule has 2 heterocycles. The molecule has 0 aliphatic carbocycles. The summed E-state index contributed by atoms with van der Waals surface area (Å²) in [5.41, 5.74) is 0. The van der Waals surface area contributed by atoms with Gasteiger partial charge in [-0.15, -0.1) is 11.3 Å². The Morgan fingerprint density at radius 1 is 1.17 bits per heavy atom. The molecule has 6 nitrogen and oxygen atoms in total. The quantitative estimate of drug-likeness (QED) is 0.667. The van der Waals surface area contributed by atoms with Gasteiger partial charge in [0, 0.05) is 23.3 Å². The summed E-state index contributed by atoms with van der Waals surface area (Å²) in [4.78, 5) is 16.2. The summed E-state index contributed by atoms with van der Waals surface area (Å²) in [6.07, 6.45) is 1.51. The van der Waals surface area contributed by atoms with Gasteiger partial charge in [-0.05, 0) is 18.2 Å². The minimum Gasteiger partial charge on any atom is -0.465 e. The molecule has 0 unspecified atom stereocenters. The second-order valence-electron chi connectivity index (χ2n) is 4.91. The molecule has 0 bridgehead atoms. The maximum absolute atomic E-state index is 13.1. The number of ether oxygens (including phenoxy) is 1. The fourth-order valence-electron chi connectivity index (χ4n) is 2.31. The predicted octanol–water partition coefficient (Wildman–Crippen LogP) is 2.91. The summed E-state index contributed by atoms with van der Waals surface area (Å²) in [7, 11) is -1.34. The third-order valence-corrected chi connectivity index (χ3v) is 6.64. The number of nitrogens with zero attached hydrogens (tertiary/aromatic N) is 2. The van der Waals surface area contributed by atoms with Gasteiger partial charge in [0.25, 0.3) is 10.0 Å². The number of sulfonamides is 1. The first-order chi connectivity index (χ1) is 11.5.